The molecule has 1 aromatic carbocycles. The highest BCUT2D eigenvalue weighted by atomic mass is 15.1. The Balaban J connectivity index is 1.41. The van der Waals surface area contributed by atoms with Gasteiger partial charge in [0.15, 0.2) is 0 Å². The molecule has 0 saturated carbocycles. The van der Waals surface area contributed by atoms with Crippen LogP contribution in [0.2, 0.25) is 0 Å². The minimum absolute atomic E-state index is 0.929. The third-order valence-electron chi connectivity index (χ3n) is 4.82. The third kappa shape index (κ3) is 3.33. The van der Waals surface area contributed by atoms with Crippen molar-refractivity contribution in [1.29, 1.82) is 0 Å². The van der Waals surface area contributed by atoms with Crippen LogP contribution < -0.4 is 10.6 Å². The van der Waals surface area contributed by atoms with Crippen molar-refractivity contribution in [3.8, 4) is 0 Å². The van der Waals surface area contributed by atoms with Gasteiger partial charge in [-0.3, -0.25) is 0 Å². The van der Waals surface area contributed by atoms with Crippen molar-refractivity contribution in [1.82, 2.24) is 10.2 Å². The normalized spacial score (nSPS) is 19.9. The minimum Gasteiger partial charge on any atom is -0.384 e. The van der Waals surface area contributed by atoms with Gasteiger partial charge in [0.2, 0.25) is 0 Å². The summed E-state index contributed by atoms with van der Waals surface area (Å²) in [5.41, 5.74) is 4.31. The molecule has 1 aromatic rings. The average molecular weight is 273 g/mol. The maximum absolute atomic E-state index is 3.64. The standard InChI is InChI=1S/C17H27N3/c1-20-11-7-14(8-12-20)5-9-18-13-16-4-2-3-15-6-10-19-17(15)16/h2-4,14,18-19H,5-13H2,1H3. The molecule has 0 unspecified atom stereocenters. The number of piperidine rings is 1. The van der Waals surface area contributed by atoms with E-state index in [1.165, 1.54) is 55.6 Å². The molecular weight excluding hydrogens is 246 g/mol. The van der Waals surface area contributed by atoms with Crippen molar-refractivity contribution < 1.29 is 0 Å². The monoisotopic (exact) mass is 273 g/mol. The second-order valence-electron chi connectivity index (χ2n) is 6.34. The maximum Gasteiger partial charge on any atom is 0.0419 e. The van der Waals surface area contributed by atoms with Gasteiger partial charge in [-0.25, -0.2) is 0 Å². The number of benzene rings is 1. The molecule has 0 aromatic heterocycles. The lowest BCUT2D eigenvalue weighted by atomic mass is 9.94. The summed E-state index contributed by atoms with van der Waals surface area (Å²) in [6, 6.07) is 6.69. The third-order valence-corrected chi connectivity index (χ3v) is 4.82. The average Bonchev–Trinajstić information content (AvgIpc) is 2.94. The summed E-state index contributed by atoms with van der Waals surface area (Å²) in [7, 11) is 2.23. The zero-order chi connectivity index (χ0) is 13.8. The van der Waals surface area contributed by atoms with Crippen LogP contribution in [0.25, 0.3) is 0 Å². The van der Waals surface area contributed by atoms with Crippen molar-refractivity contribution in [3.63, 3.8) is 0 Å². The van der Waals surface area contributed by atoms with E-state index >= 15 is 0 Å². The molecule has 0 amide bonds. The number of hydrogen-bond donors (Lipinski definition) is 2. The molecule has 0 spiro atoms. The van der Waals surface area contributed by atoms with Gasteiger partial charge >= 0.3 is 0 Å². The van der Waals surface area contributed by atoms with E-state index in [4.69, 9.17) is 0 Å². The van der Waals surface area contributed by atoms with E-state index in [1.54, 1.807) is 0 Å². The molecule has 0 atom stereocenters. The summed E-state index contributed by atoms with van der Waals surface area (Å²) in [6.45, 7) is 5.81. The van der Waals surface area contributed by atoms with Crippen LogP contribution in [0.15, 0.2) is 18.2 Å². The van der Waals surface area contributed by atoms with Crippen molar-refractivity contribution in [2.45, 2.75) is 32.2 Å². The van der Waals surface area contributed by atoms with Gasteiger partial charge in [0.25, 0.3) is 0 Å². The predicted octanol–water partition coefficient (Wildman–Crippen LogP) is 2.48. The molecule has 0 radical (unpaired) electrons. The SMILES string of the molecule is CN1CCC(CCNCc2cccc3c2NCC3)CC1. The highest BCUT2D eigenvalue weighted by molar-refractivity contribution is 5.61. The number of para-hydroxylation sites is 1. The number of nitrogens with zero attached hydrogens (tertiary/aromatic N) is 1. The fraction of sp³-hybridized carbons (Fsp3) is 0.647. The van der Waals surface area contributed by atoms with Gasteiger partial charge in [0, 0.05) is 18.8 Å². The van der Waals surface area contributed by atoms with Crippen molar-refractivity contribution in [2.24, 2.45) is 5.92 Å². The highest BCUT2D eigenvalue weighted by Crippen LogP contribution is 2.26. The van der Waals surface area contributed by atoms with Crippen LogP contribution in [-0.2, 0) is 13.0 Å². The maximum atomic E-state index is 3.64. The first-order valence-corrected chi connectivity index (χ1v) is 8.07. The zero-order valence-corrected chi connectivity index (χ0v) is 12.6. The van der Waals surface area contributed by atoms with Crippen LogP contribution in [0.1, 0.15) is 30.4 Å². The Labute approximate surface area is 122 Å². The number of anilines is 1. The van der Waals surface area contributed by atoms with Crippen LogP contribution in [0, 0.1) is 5.92 Å². The second-order valence-corrected chi connectivity index (χ2v) is 6.34. The zero-order valence-electron chi connectivity index (χ0n) is 12.6. The predicted molar refractivity (Wildman–Crippen MR) is 85.2 cm³/mol. The first-order valence-electron chi connectivity index (χ1n) is 8.07. The van der Waals surface area contributed by atoms with Crippen LogP contribution in [-0.4, -0.2) is 38.1 Å². The summed E-state index contributed by atoms with van der Waals surface area (Å²) in [5, 5.41) is 7.15. The number of likely N-dealkylation sites (tertiary alicyclic amines) is 1. The smallest absolute Gasteiger partial charge is 0.0419 e. The van der Waals surface area contributed by atoms with Gasteiger partial charge in [-0.05, 0) is 69.4 Å². The van der Waals surface area contributed by atoms with Crippen LogP contribution in [0.4, 0.5) is 5.69 Å². The molecule has 2 aliphatic rings. The Morgan fingerprint density at radius 2 is 2.15 bits per heavy atom. The second kappa shape index (κ2) is 6.59. The molecule has 2 N–H and O–H groups in total. The van der Waals surface area contributed by atoms with Gasteiger partial charge in [-0.15, -0.1) is 0 Å². The van der Waals surface area contributed by atoms with Crippen molar-refractivity contribution >= 4 is 5.69 Å². The van der Waals surface area contributed by atoms with Gasteiger partial charge in [-0.1, -0.05) is 18.2 Å². The summed E-state index contributed by atoms with van der Waals surface area (Å²) in [6.07, 6.45) is 5.26. The first-order chi connectivity index (χ1) is 9.83. The van der Waals surface area contributed by atoms with E-state index in [0.717, 1.165) is 25.6 Å². The van der Waals surface area contributed by atoms with Gasteiger partial charge < -0.3 is 15.5 Å². The Morgan fingerprint density at radius 3 is 3.00 bits per heavy atom. The molecule has 20 heavy (non-hydrogen) atoms. The van der Waals surface area contributed by atoms with Gasteiger partial charge in [-0.2, -0.15) is 0 Å². The number of rotatable bonds is 5. The molecule has 3 rings (SSSR count). The molecule has 3 nitrogen and oxygen atoms in total. The summed E-state index contributed by atoms with van der Waals surface area (Å²) < 4.78 is 0. The number of fused-ring (bicyclic) bond motifs is 1. The molecule has 110 valence electrons. The van der Waals surface area contributed by atoms with E-state index in [0.29, 0.717) is 0 Å². The Hall–Kier alpha value is -1.06. The molecule has 0 aliphatic carbocycles. The first kappa shape index (κ1) is 13.9. The van der Waals surface area contributed by atoms with E-state index in [2.05, 4.69) is 40.8 Å². The van der Waals surface area contributed by atoms with E-state index in [-0.39, 0.29) is 0 Å². The topological polar surface area (TPSA) is 27.3 Å². The Morgan fingerprint density at radius 1 is 1.30 bits per heavy atom. The van der Waals surface area contributed by atoms with Gasteiger partial charge in [0.05, 0.1) is 0 Å². The largest absolute Gasteiger partial charge is 0.384 e. The highest BCUT2D eigenvalue weighted by Gasteiger charge is 2.16. The lowest BCUT2D eigenvalue weighted by Crippen LogP contribution is -2.31. The fourth-order valence-corrected chi connectivity index (χ4v) is 3.44. The van der Waals surface area contributed by atoms with Crippen molar-refractivity contribution in [3.05, 3.63) is 29.3 Å². The molecule has 1 fully saturated rings. The van der Waals surface area contributed by atoms with E-state index < -0.39 is 0 Å². The van der Waals surface area contributed by atoms with E-state index in [1.807, 2.05) is 0 Å². The van der Waals surface area contributed by atoms with Crippen LogP contribution >= 0.6 is 0 Å². The fourth-order valence-electron chi connectivity index (χ4n) is 3.44. The van der Waals surface area contributed by atoms with Crippen molar-refractivity contribution in [2.75, 3.05) is 38.5 Å². The summed E-state index contributed by atoms with van der Waals surface area (Å²) >= 11 is 0. The molecule has 2 heterocycles. The molecular formula is C17H27N3. The minimum atomic E-state index is 0.929. The lowest BCUT2D eigenvalue weighted by Gasteiger charge is -2.28. The molecule has 0 bridgehead atoms. The molecule has 2 aliphatic heterocycles. The Bertz CT molecular complexity index is 436. The van der Waals surface area contributed by atoms with Gasteiger partial charge in [0.1, 0.15) is 0 Å². The number of hydrogen-bond acceptors (Lipinski definition) is 3. The Kier molecular flexibility index (Phi) is 4.58. The van der Waals surface area contributed by atoms with E-state index in [9.17, 15) is 0 Å². The van der Waals surface area contributed by atoms with Crippen LogP contribution in [0.3, 0.4) is 0 Å². The van der Waals surface area contributed by atoms with Crippen LogP contribution in [0.5, 0.6) is 0 Å². The summed E-state index contributed by atoms with van der Waals surface area (Å²) in [5.74, 6) is 0.929. The molecule has 1 saturated heterocycles. The molecule has 3 heteroatoms. The summed E-state index contributed by atoms with van der Waals surface area (Å²) in [4.78, 5) is 2.45. The lowest BCUT2D eigenvalue weighted by molar-refractivity contribution is 0.211. The number of nitrogens with one attached hydrogen (secondary N) is 2. The quantitative estimate of drug-likeness (QED) is 0.807.